The molecule has 120 valence electrons. The van der Waals surface area contributed by atoms with E-state index in [1.165, 1.54) is 16.7 Å². The molecule has 3 N–H and O–H groups in total. The van der Waals surface area contributed by atoms with E-state index in [9.17, 15) is 0 Å². The van der Waals surface area contributed by atoms with Gasteiger partial charge in [0.25, 0.3) is 0 Å². The van der Waals surface area contributed by atoms with Gasteiger partial charge in [-0.25, -0.2) is 0 Å². The van der Waals surface area contributed by atoms with Gasteiger partial charge in [0.05, 0.1) is 10.0 Å². The molecule has 1 aliphatic rings. The number of halogens is 2. The van der Waals surface area contributed by atoms with Gasteiger partial charge in [-0.2, -0.15) is 0 Å². The first-order valence-electron chi connectivity index (χ1n) is 7.72. The van der Waals surface area contributed by atoms with Crippen LogP contribution in [0.15, 0.2) is 43.0 Å². The second-order valence-electron chi connectivity index (χ2n) is 6.01. The minimum Gasteiger partial charge on any atom is -0.399 e. The average molecular weight is 347 g/mol. The molecule has 0 aliphatic heterocycles. The summed E-state index contributed by atoms with van der Waals surface area (Å²) < 4.78 is 0. The van der Waals surface area contributed by atoms with Crippen LogP contribution in [0.5, 0.6) is 0 Å². The molecule has 0 saturated heterocycles. The van der Waals surface area contributed by atoms with E-state index in [2.05, 4.69) is 30.1 Å². The van der Waals surface area contributed by atoms with Crippen LogP contribution in [0.2, 0.25) is 10.0 Å². The van der Waals surface area contributed by atoms with Crippen LogP contribution in [-0.2, 0) is 0 Å². The van der Waals surface area contributed by atoms with Crippen molar-refractivity contribution in [3.63, 3.8) is 0 Å². The van der Waals surface area contributed by atoms with E-state index >= 15 is 0 Å². The lowest BCUT2D eigenvalue weighted by Gasteiger charge is -2.32. The second kappa shape index (κ2) is 6.56. The van der Waals surface area contributed by atoms with E-state index in [1.54, 1.807) is 0 Å². The van der Waals surface area contributed by atoms with Gasteiger partial charge in [-0.3, -0.25) is 0 Å². The topological polar surface area (TPSA) is 38.0 Å². The van der Waals surface area contributed by atoms with Crippen molar-refractivity contribution in [2.24, 2.45) is 5.73 Å². The highest BCUT2D eigenvalue weighted by atomic mass is 35.5. The molecule has 0 heterocycles. The minimum atomic E-state index is 0.324. The summed E-state index contributed by atoms with van der Waals surface area (Å²) in [6.45, 7) is 3.85. The first-order valence-corrected chi connectivity index (χ1v) is 8.47. The smallest absolute Gasteiger partial charge is 0.0595 e. The Hall–Kier alpha value is -1.48. The maximum atomic E-state index is 6.21. The molecule has 2 unspecified atom stereocenters. The van der Waals surface area contributed by atoms with Gasteiger partial charge in [-0.15, -0.1) is 0 Å². The Kier molecular flexibility index (Phi) is 4.67. The van der Waals surface area contributed by atoms with Crippen LogP contribution >= 0.6 is 23.2 Å². The van der Waals surface area contributed by atoms with Crippen molar-refractivity contribution in [1.29, 1.82) is 0 Å². The quantitative estimate of drug-likeness (QED) is 0.810. The molecule has 0 radical (unpaired) electrons. The fourth-order valence-corrected chi connectivity index (χ4v) is 3.72. The van der Waals surface area contributed by atoms with Gasteiger partial charge in [-0.05, 0) is 60.3 Å². The van der Waals surface area contributed by atoms with Crippen molar-refractivity contribution in [3.8, 4) is 0 Å². The van der Waals surface area contributed by atoms with Crippen LogP contribution in [0.1, 0.15) is 47.1 Å². The molecular weight excluding hydrogens is 327 g/mol. The van der Waals surface area contributed by atoms with Crippen LogP contribution in [0.25, 0.3) is 5.70 Å². The standard InChI is InChI=1S/C19H20Cl2N2/c1-11(22)12-3-5-15-14(6-8-19(23-2)16(15)9-12)13-4-7-17(20)18(21)10-13/h3-5,7,9-10,14,19,23H,1,6,8,22H2,2H3. The Labute approximate surface area is 147 Å². The van der Waals surface area contributed by atoms with Crippen LogP contribution in [0.3, 0.4) is 0 Å². The maximum absolute atomic E-state index is 6.21. The molecule has 0 fully saturated rings. The van der Waals surface area contributed by atoms with Gasteiger partial charge in [-0.1, -0.05) is 48.0 Å². The van der Waals surface area contributed by atoms with Crippen molar-refractivity contribution in [2.75, 3.05) is 7.05 Å². The molecule has 1 aliphatic carbocycles. The van der Waals surface area contributed by atoms with E-state index in [-0.39, 0.29) is 0 Å². The molecule has 2 aromatic carbocycles. The van der Waals surface area contributed by atoms with Gasteiger partial charge < -0.3 is 11.1 Å². The third kappa shape index (κ3) is 3.12. The van der Waals surface area contributed by atoms with Crippen molar-refractivity contribution in [1.82, 2.24) is 5.32 Å². The summed E-state index contributed by atoms with van der Waals surface area (Å²) in [4.78, 5) is 0. The van der Waals surface area contributed by atoms with Gasteiger partial charge in [0, 0.05) is 17.7 Å². The molecule has 3 rings (SSSR count). The molecular formula is C19H20Cl2N2. The van der Waals surface area contributed by atoms with E-state index < -0.39 is 0 Å². The third-order valence-electron chi connectivity index (χ3n) is 4.65. The minimum absolute atomic E-state index is 0.324. The fraction of sp³-hybridized carbons (Fsp3) is 0.263. The number of hydrogen-bond acceptors (Lipinski definition) is 2. The van der Waals surface area contributed by atoms with E-state index in [0.29, 0.717) is 27.7 Å². The molecule has 0 saturated carbocycles. The number of benzene rings is 2. The van der Waals surface area contributed by atoms with Gasteiger partial charge in [0.15, 0.2) is 0 Å². The molecule has 2 aromatic rings. The predicted octanol–water partition coefficient (Wildman–Crippen LogP) is 5.11. The summed E-state index contributed by atoms with van der Waals surface area (Å²) in [6, 6.07) is 12.6. The van der Waals surface area contributed by atoms with Crippen LogP contribution in [0.4, 0.5) is 0 Å². The second-order valence-corrected chi connectivity index (χ2v) is 6.83. The van der Waals surface area contributed by atoms with Crippen molar-refractivity contribution in [3.05, 3.63) is 75.3 Å². The number of fused-ring (bicyclic) bond motifs is 1. The largest absolute Gasteiger partial charge is 0.399 e. The Morgan fingerprint density at radius 2 is 1.87 bits per heavy atom. The lowest BCUT2D eigenvalue weighted by Crippen LogP contribution is -2.24. The summed E-state index contributed by atoms with van der Waals surface area (Å²) in [5.41, 5.74) is 11.3. The highest BCUT2D eigenvalue weighted by Crippen LogP contribution is 2.42. The van der Waals surface area contributed by atoms with Crippen LogP contribution in [-0.4, -0.2) is 7.05 Å². The zero-order chi connectivity index (χ0) is 16.6. The molecule has 2 atom stereocenters. The Morgan fingerprint density at radius 3 is 2.52 bits per heavy atom. The summed E-state index contributed by atoms with van der Waals surface area (Å²) in [7, 11) is 2.00. The molecule has 4 heteroatoms. The molecule has 0 aromatic heterocycles. The highest BCUT2D eigenvalue weighted by molar-refractivity contribution is 6.42. The summed E-state index contributed by atoms with van der Waals surface area (Å²) in [5, 5.41) is 4.60. The zero-order valence-corrected chi connectivity index (χ0v) is 14.6. The maximum Gasteiger partial charge on any atom is 0.0595 e. The predicted molar refractivity (Wildman–Crippen MR) is 99.0 cm³/mol. The zero-order valence-electron chi connectivity index (χ0n) is 13.1. The van der Waals surface area contributed by atoms with Crippen molar-refractivity contribution in [2.45, 2.75) is 24.8 Å². The van der Waals surface area contributed by atoms with Crippen molar-refractivity contribution >= 4 is 28.9 Å². The van der Waals surface area contributed by atoms with E-state index in [4.69, 9.17) is 28.9 Å². The molecule has 0 amide bonds. The number of nitrogens with two attached hydrogens (primary N) is 1. The molecule has 0 spiro atoms. The Balaban J connectivity index is 2.08. The van der Waals surface area contributed by atoms with Crippen LogP contribution in [0, 0.1) is 0 Å². The lowest BCUT2D eigenvalue weighted by molar-refractivity contribution is 0.470. The van der Waals surface area contributed by atoms with Gasteiger partial charge >= 0.3 is 0 Å². The monoisotopic (exact) mass is 346 g/mol. The average Bonchev–Trinajstić information content (AvgIpc) is 2.55. The summed E-state index contributed by atoms with van der Waals surface area (Å²) >= 11 is 12.3. The normalized spacial score (nSPS) is 20.1. The van der Waals surface area contributed by atoms with E-state index in [0.717, 1.165) is 18.4 Å². The number of rotatable bonds is 3. The highest BCUT2D eigenvalue weighted by Gasteiger charge is 2.28. The first kappa shape index (κ1) is 16.4. The molecule has 23 heavy (non-hydrogen) atoms. The first-order chi connectivity index (χ1) is 11.0. The van der Waals surface area contributed by atoms with Gasteiger partial charge in [0.1, 0.15) is 0 Å². The Morgan fingerprint density at radius 1 is 1.09 bits per heavy atom. The van der Waals surface area contributed by atoms with Crippen LogP contribution < -0.4 is 11.1 Å². The lowest BCUT2D eigenvalue weighted by atomic mass is 9.76. The van der Waals surface area contributed by atoms with E-state index in [1.807, 2.05) is 25.2 Å². The molecule has 2 nitrogen and oxygen atoms in total. The van der Waals surface area contributed by atoms with Gasteiger partial charge in [0.2, 0.25) is 0 Å². The molecule has 0 bridgehead atoms. The van der Waals surface area contributed by atoms with Crippen molar-refractivity contribution < 1.29 is 0 Å². The fourth-order valence-electron chi connectivity index (χ4n) is 3.41. The number of nitrogens with one attached hydrogen (secondary N) is 1. The SMILES string of the molecule is C=C(N)c1ccc2c(c1)C(NC)CCC2c1ccc(Cl)c(Cl)c1. The third-order valence-corrected chi connectivity index (χ3v) is 5.39. The summed E-state index contributed by atoms with van der Waals surface area (Å²) in [5.74, 6) is 0.324. The Bertz CT molecular complexity index is 755. The number of hydrogen-bond donors (Lipinski definition) is 2. The summed E-state index contributed by atoms with van der Waals surface area (Å²) in [6.07, 6.45) is 2.13.